The summed E-state index contributed by atoms with van der Waals surface area (Å²) in [6, 6.07) is 11.4. The van der Waals surface area contributed by atoms with Gasteiger partial charge in [0.25, 0.3) is 0 Å². The van der Waals surface area contributed by atoms with Gasteiger partial charge in [-0.15, -0.1) is 11.8 Å². The number of pyridine rings is 1. The average Bonchev–Trinajstić information content (AvgIpc) is 2.55. The predicted octanol–water partition coefficient (Wildman–Crippen LogP) is 3.60. The van der Waals surface area contributed by atoms with Crippen molar-refractivity contribution in [2.45, 2.75) is 23.6 Å². The number of nitrogens with zero attached hydrogens (tertiary/aromatic N) is 2. The number of rotatable bonds is 6. The molecule has 0 aliphatic carbocycles. The van der Waals surface area contributed by atoms with Crippen molar-refractivity contribution in [2.24, 2.45) is 0 Å². The topological polar surface area (TPSA) is 45.2 Å². The number of thioether (sulfide) groups is 1. The molecule has 1 unspecified atom stereocenters. The van der Waals surface area contributed by atoms with Gasteiger partial charge in [-0.25, -0.2) is 4.98 Å². The van der Waals surface area contributed by atoms with E-state index in [-0.39, 0.29) is 11.2 Å². The van der Waals surface area contributed by atoms with Crippen molar-refractivity contribution in [3.05, 3.63) is 53.2 Å². The highest BCUT2D eigenvalue weighted by molar-refractivity contribution is 8.00. The first-order valence-electron chi connectivity index (χ1n) is 7.28. The molecule has 0 radical (unpaired) electrons. The van der Waals surface area contributed by atoms with Gasteiger partial charge in [0.1, 0.15) is 5.82 Å². The second-order valence-corrected chi connectivity index (χ2v) is 7.20. The zero-order valence-electron chi connectivity index (χ0n) is 13.4. The summed E-state index contributed by atoms with van der Waals surface area (Å²) in [6.45, 7) is 2.39. The van der Waals surface area contributed by atoms with Gasteiger partial charge in [0, 0.05) is 36.8 Å². The molecule has 4 nitrogen and oxygen atoms in total. The molecule has 0 aliphatic rings. The molecule has 122 valence electrons. The molecule has 0 aliphatic heterocycles. The molecule has 6 heteroatoms. The summed E-state index contributed by atoms with van der Waals surface area (Å²) >= 11 is 7.38. The van der Waals surface area contributed by atoms with Gasteiger partial charge in [-0.3, -0.25) is 4.79 Å². The van der Waals surface area contributed by atoms with Crippen molar-refractivity contribution in [2.75, 3.05) is 19.0 Å². The molecule has 0 saturated heterocycles. The third-order valence-electron chi connectivity index (χ3n) is 3.23. The molecule has 1 N–H and O–H groups in total. The van der Waals surface area contributed by atoms with Crippen LogP contribution in [0.5, 0.6) is 0 Å². The Hall–Kier alpha value is -1.72. The molecule has 23 heavy (non-hydrogen) atoms. The summed E-state index contributed by atoms with van der Waals surface area (Å²) in [6.07, 6.45) is 1.75. The largest absolute Gasteiger partial charge is 0.363 e. The molecule has 0 saturated carbocycles. The molecule has 0 bridgehead atoms. The maximum Gasteiger partial charge on any atom is 0.233 e. The maximum absolute atomic E-state index is 12.2. The van der Waals surface area contributed by atoms with Gasteiger partial charge in [0.2, 0.25) is 5.91 Å². The van der Waals surface area contributed by atoms with E-state index in [2.05, 4.69) is 10.3 Å². The number of carbonyl (C=O) groups excluding carboxylic acids is 1. The number of hydrogen-bond donors (Lipinski definition) is 1. The van der Waals surface area contributed by atoms with Crippen LogP contribution in [0.15, 0.2) is 47.5 Å². The molecule has 0 fully saturated rings. The summed E-state index contributed by atoms with van der Waals surface area (Å²) in [7, 11) is 3.88. The SMILES string of the molecule is CC(Sc1ccc(Cl)cc1)C(=O)NCc1ccnc(N(C)C)c1. The zero-order chi connectivity index (χ0) is 16.8. The summed E-state index contributed by atoms with van der Waals surface area (Å²) in [5.74, 6) is 0.883. The van der Waals surface area contributed by atoms with Crippen LogP contribution in [0.1, 0.15) is 12.5 Å². The van der Waals surface area contributed by atoms with Crippen molar-refractivity contribution in [1.82, 2.24) is 10.3 Å². The first kappa shape index (κ1) is 17.6. The predicted molar refractivity (Wildman–Crippen MR) is 97.2 cm³/mol. The van der Waals surface area contributed by atoms with Gasteiger partial charge in [0.05, 0.1) is 5.25 Å². The lowest BCUT2D eigenvalue weighted by atomic mass is 10.2. The van der Waals surface area contributed by atoms with Crippen LogP contribution in [-0.4, -0.2) is 30.2 Å². The van der Waals surface area contributed by atoms with Crippen LogP contribution in [0, 0.1) is 0 Å². The molecule has 2 aromatic rings. The van der Waals surface area contributed by atoms with Crippen molar-refractivity contribution in [1.29, 1.82) is 0 Å². The van der Waals surface area contributed by atoms with E-state index in [1.165, 1.54) is 11.8 Å². The first-order chi connectivity index (χ1) is 11.0. The van der Waals surface area contributed by atoms with E-state index < -0.39 is 0 Å². The van der Waals surface area contributed by atoms with Crippen LogP contribution in [0.25, 0.3) is 0 Å². The van der Waals surface area contributed by atoms with Gasteiger partial charge >= 0.3 is 0 Å². The van der Waals surface area contributed by atoms with Gasteiger partial charge in [0.15, 0.2) is 0 Å². The maximum atomic E-state index is 12.2. The highest BCUT2D eigenvalue weighted by Gasteiger charge is 2.14. The minimum absolute atomic E-state index is 0.00756. The highest BCUT2D eigenvalue weighted by atomic mass is 35.5. The second-order valence-electron chi connectivity index (χ2n) is 5.35. The molecule has 1 heterocycles. The van der Waals surface area contributed by atoms with E-state index in [0.717, 1.165) is 16.3 Å². The van der Waals surface area contributed by atoms with Crippen LogP contribution in [0.4, 0.5) is 5.82 Å². The molecule has 1 atom stereocenters. The molecule has 1 amide bonds. The van der Waals surface area contributed by atoms with Crippen molar-refractivity contribution in [3.63, 3.8) is 0 Å². The smallest absolute Gasteiger partial charge is 0.233 e. The van der Waals surface area contributed by atoms with E-state index in [9.17, 15) is 4.79 Å². The third kappa shape index (κ3) is 5.44. The Labute approximate surface area is 146 Å². The normalized spacial score (nSPS) is 11.8. The summed E-state index contributed by atoms with van der Waals surface area (Å²) in [4.78, 5) is 19.4. The van der Waals surface area contributed by atoms with Crippen LogP contribution in [0.3, 0.4) is 0 Å². The molecular weight excluding hydrogens is 330 g/mol. The Kier molecular flexibility index (Phi) is 6.30. The molecule has 1 aromatic carbocycles. The standard InChI is InChI=1S/C17H20ClN3OS/c1-12(23-15-6-4-14(18)5-7-15)17(22)20-11-13-8-9-19-16(10-13)21(2)3/h4-10,12H,11H2,1-3H3,(H,20,22). The molecule has 1 aromatic heterocycles. The Morgan fingerprint density at radius 2 is 2.00 bits per heavy atom. The fourth-order valence-electron chi connectivity index (χ4n) is 1.92. The van der Waals surface area contributed by atoms with E-state index in [1.54, 1.807) is 6.20 Å². The number of nitrogens with one attached hydrogen (secondary N) is 1. The molecular formula is C17H20ClN3OS. The van der Waals surface area contributed by atoms with Crippen molar-refractivity contribution in [3.8, 4) is 0 Å². The third-order valence-corrected chi connectivity index (χ3v) is 4.59. The minimum atomic E-state index is -0.175. The molecule has 0 spiro atoms. The Morgan fingerprint density at radius 1 is 1.30 bits per heavy atom. The van der Waals surface area contributed by atoms with Gasteiger partial charge in [-0.1, -0.05) is 11.6 Å². The lowest BCUT2D eigenvalue weighted by Gasteiger charge is -2.14. The number of halogens is 1. The summed E-state index contributed by atoms with van der Waals surface area (Å²) in [5.41, 5.74) is 1.03. The van der Waals surface area contributed by atoms with Crippen molar-refractivity contribution >= 4 is 35.1 Å². The van der Waals surface area contributed by atoms with Crippen LogP contribution in [-0.2, 0) is 11.3 Å². The van der Waals surface area contributed by atoms with Crippen molar-refractivity contribution < 1.29 is 4.79 Å². The molecule has 2 rings (SSSR count). The lowest BCUT2D eigenvalue weighted by molar-refractivity contribution is -0.120. The highest BCUT2D eigenvalue weighted by Crippen LogP contribution is 2.24. The quantitative estimate of drug-likeness (QED) is 0.809. The number of carbonyl (C=O) groups is 1. The van der Waals surface area contributed by atoms with Crippen LogP contribution in [0.2, 0.25) is 5.02 Å². The number of amides is 1. The number of aromatic nitrogens is 1. The first-order valence-corrected chi connectivity index (χ1v) is 8.53. The van der Waals surface area contributed by atoms with E-state index in [0.29, 0.717) is 11.6 Å². The fourth-order valence-corrected chi connectivity index (χ4v) is 2.94. The number of benzene rings is 1. The number of anilines is 1. The average molecular weight is 350 g/mol. The minimum Gasteiger partial charge on any atom is -0.363 e. The Balaban J connectivity index is 1.88. The van der Waals surface area contributed by atoms with Crippen LogP contribution >= 0.6 is 23.4 Å². The number of hydrogen-bond acceptors (Lipinski definition) is 4. The zero-order valence-corrected chi connectivity index (χ0v) is 15.0. The summed E-state index contributed by atoms with van der Waals surface area (Å²) in [5, 5.41) is 3.48. The summed E-state index contributed by atoms with van der Waals surface area (Å²) < 4.78 is 0. The van der Waals surface area contributed by atoms with Gasteiger partial charge in [-0.2, -0.15) is 0 Å². The van der Waals surface area contributed by atoms with Gasteiger partial charge < -0.3 is 10.2 Å². The van der Waals surface area contributed by atoms with E-state index in [1.807, 2.05) is 62.3 Å². The lowest BCUT2D eigenvalue weighted by Crippen LogP contribution is -2.30. The van der Waals surface area contributed by atoms with E-state index in [4.69, 9.17) is 11.6 Å². The Bertz CT molecular complexity index is 661. The second kappa shape index (κ2) is 8.22. The van der Waals surface area contributed by atoms with Gasteiger partial charge in [-0.05, 0) is 48.9 Å². The Morgan fingerprint density at radius 3 is 2.65 bits per heavy atom. The monoisotopic (exact) mass is 349 g/mol. The fraction of sp³-hybridized carbons (Fsp3) is 0.294. The van der Waals surface area contributed by atoms with E-state index >= 15 is 0 Å². The van der Waals surface area contributed by atoms with Crippen LogP contribution < -0.4 is 10.2 Å².